The minimum atomic E-state index is -0.539. The highest BCUT2D eigenvalue weighted by Gasteiger charge is 2.17. The average Bonchev–Trinajstić information content (AvgIpc) is 3.25. The highest BCUT2D eigenvalue weighted by Crippen LogP contribution is 2.20. The molecule has 0 spiro atoms. The number of hydrogen-bond acceptors (Lipinski definition) is 6. The third-order valence-corrected chi connectivity index (χ3v) is 4.11. The van der Waals surface area contributed by atoms with Crippen LogP contribution in [0.15, 0.2) is 71.3 Å². The first-order valence-corrected chi connectivity index (χ1v) is 9.05. The zero-order valence-corrected chi connectivity index (χ0v) is 15.7. The lowest BCUT2D eigenvalue weighted by Crippen LogP contribution is -2.35. The fourth-order valence-electron chi connectivity index (χ4n) is 2.67. The maximum absolute atomic E-state index is 12.3. The Labute approximate surface area is 168 Å². The van der Waals surface area contributed by atoms with Crippen molar-refractivity contribution in [1.82, 2.24) is 4.98 Å². The smallest absolute Gasteiger partial charge is 0.306 e. The number of carbonyl (C=O) groups excluding carboxylic acids is 2. The highest BCUT2D eigenvalue weighted by molar-refractivity contribution is 5.95. The first kappa shape index (κ1) is 19.8. The number of rotatable bonds is 8. The summed E-state index contributed by atoms with van der Waals surface area (Å²) in [7, 11) is 0. The second kappa shape index (κ2) is 9.85. The van der Waals surface area contributed by atoms with Crippen molar-refractivity contribution in [2.24, 2.45) is 0 Å². The molecule has 2 aromatic carbocycles. The van der Waals surface area contributed by atoms with Crippen molar-refractivity contribution in [3.63, 3.8) is 0 Å². The van der Waals surface area contributed by atoms with Crippen LogP contribution >= 0.6 is 0 Å². The molecule has 3 aromatic rings. The molecule has 0 aliphatic heterocycles. The second-order valence-corrected chi connectivity index (χ2v) is 6.12. The summed E-state index contributed by atoms with van der Waals surface area (Å²) >= 11 is 0. The van der Waals surface area contributed by atoms with Crippen molar-refractivity contribution < 1.29 is 18.7 Å². The van der Waals surface area contributed by atoms with Crippen LogP contribution in [0.4, 0.5) is 5.69 Å². The number of esters is 1. The Hall–Kier alpha value is -3.92. The summed E-state index contributed by atoms with van der Waals surface area (Å²) in [6.45, 7) is -0.560. The highest BCUT2D eigenvalue weighted by atomic mass is 16.5. The molecule has 1 aromatic heterocycles. The van der Waals surface area contributed by atoms with E-state index in [1.807, 2.05) is 42.5 Å². The van der Waals surface area contributed by atoms with Gasteiger partial charge < -0.3 is 9.15 Å². The van der Waals surface area contributed by atoms with Crippen LogP contribution in [0, 0.1) is 11.3 Å². The van der Waals surface area contributed by atoms with Crippen molar-refractivity contribution in [3.05, 3.63) is 72.8 Å². The third kappa shape index (κ3) is 5.53. The third-order valence-electron chi connectivity index (χ3n) is 4.11. The van der Waals surface area contributed by atoms with E-state index in [-0.39, 0.29) is 19.4 Å². The fraction of sp³-hybridized carbons (Fsp3) is 0.182. The van der Waals surface area contributed by atoms with Crippen molar-refractivity contribution in [2.75, 3.05) is 18.1 Å². The second-order valence-electron chi connectivity index (χ2n) is 6.12. The molecule has 0 bridgehead atoms. The molecule has 3 rings (SSSR count). The number of ether oxygens (including phenoxy) is 1. The Morgan fingerprint density at radius 1 is 1.07 bits per heavy atom. The number of benzene rings is 2. The van der Waals surface area contributed by atoms with E-state index in [0.717, 1.165) is 5.56 Å². The van der Waals surface area contributed by atoms with Crippen LogP contribution in [-0.4, -0.2) is 30.0 Å². The molecule has 0 saturated carbocycles. The summed E-state index contributed by atoms with van der Waals surface area (Å²) in [5.41, 5.74) is 1.47. The maximum Gasteiger partial charge on any atom is 0.306 e. The number of aromatic nitrogens is 1. The topological polar surface area (TPSA) is 96.4 Å². The first-order chi connectivity index (χ1) is 14.2. The number of hydrogen-bond donors (Lipinski definition) is 0. The SMILES string of the molecule is N#CCN(C(=O)COC(=O)CCc1ncc(-c2ccccc2)o1)c1ccccc1. The average molecular weight is 389 g/mol. The molecule has 1 amide bonds. The van der Waals surface area contributed by atoms with Crippen LogP contribution in [0.5, 0.6) is 0 Å². The Balaban J connectivity index is 1.49. The van der Waals surface area contributed by atoms with Crippen LogP contribution in [0.2, 0.25) is 0 Å². The minimum absolute atomic E-state index is 0.0333. The van der Waals surface area contributed by atoms with Gasteiger partial charge in [-0.15, -0.1) is 0 Å². The van der Waals surface area contributed by atoms with E-state index in [9.17, 15) is 9.59 Å². The van der Waals surface area contributed by atoms with Crippen LogP contribution < -0.4 is 4.90 Å². The molecule has 1 heterocycles. The normalized spacial score (nSPS) is 10.2. The van der Waals surface area contributed by atoms with Crippen LogP contribution in [-0.2, 0) is 20.7 Å². The van der Waals surface area contributed by atoms with Crippen molar-refractivity contribution in [3.8, 4) is 17.4 Å². The number of carbonyl (C=O) groups is 2. The number of oxazole rings is 1. The standard InChI is InChI=1S/C22H19N3O4/c23-13-14-25(18-9-5-2-6-10-18)21(26)16-28-22(27)12-11-20-24-15-19(29-20)17-7-3-1-4-8-17/h1-10,15H,11-12,14,16H2. The predicted molar refractivity (Wildman–Crippen MR) is 106 cm³/mol. The fourth-order valence-corrected chi connectivity index (χ4v) is 2.67. The number of anilines is 1. The molecule has 0 saturated heterocycles. The van der Waals surface area contributed by atoms with E-state index in [4.69, 9.17) is 14.4 Å². The lowest BCUT2D eigenvalue weighted by molar-refractivity contribution is -0.147. The Bertz CT molecular complexity index is 994. The summed E-state index contributed by atoms with van der Waals surface area (Å²) in [6, 6.07) is 20.2. The monoisotopic (exact) mass is 389 g/mol. The zero-order chi connectivity index (χ0) is 20.5. The molecule has 0 fully saturated rings. The molecule has 0 aliphatic rings. The Morgan fingerprint density at radius 3 is 2.45 bits per heavy atom. The molecule has 0 atom stereocenters. The summed E-state index contributed by atoms with van der Waals surface area (Å²) < 4.78 is 10.7. The number of aryl methyl sites for hydroxylation is 1. The number of nitriles is 1. The van der Waals surface area contributed by atoms with E-state index < -0.39 is 18.5 Å². The van der Waals surface area contributed by atoms with Gasteiger partial charge in [-0.25, -0.2) is 4.98 Å². The minimum Gasteiger partial charge on any atom is -0.456 e. The molecule has 0 radical (unpaired) electrons. The lowest BCUT2D eigenvalue weighted by atomic mass is 10.2. The van der Waals surface area contributed by atoms with Gasteiger partial charge in [0, 0.05) is 17.7 Å². The summed E-state index contributed by atoms with van der Waals surface area (Å²) in [6.07, 6.45) is 1.91. The first-order valence-electron chi connectivity index (χ1n) is 9.05. The van der Waals surface area contributed by atoms with Gasteiger partial charge in [-0.05, 0) is 12.1 Å². The zero-order valence-electron chi connectivity index (χ0n) is 15.7. The molecule has 29 heavy (non-hydrogen) atoms. The number of amides is 1. The maximum atomic E-state index is 12.3. The lowest BCUT2D eigenvalue weighted by Gasteiger charge is -2.19. The molecular formula is C22H19N3O4. The van der Waals surface area contributed by atoms with Crippen molar-refractivity contribution in [1.29, 1.82) is 5.26 Å². The quantitative estimate of drug-likeness (QED) is 0.433. The Morgan fingerprint density at radius 2 is 1.76 bits per heavy atom. The van der Waals surface area contributed by atoms with Crippen LogP contribution in [0.1, 0.15) is 12.3 Å². The van der Waals surface area contributed by atoms with Crippen LogP contribution in [0.3, 0.4) is 0 Å². The van der Waals surface area contributed by atoms with E-state index >= 15 is 0 Å². The van der Waals surface area contributed by atoms with Gasteiger partial charge >= 0.3 is 5.97 Å². The van der Waals surface area contributed by atoms with Gasteiger partial charge in [0.2, 0.25) is 0 Å². The predicted octanol–water partition coefficient (Wildman–Crippen LogP) is 3.37. The van der Waals surface area contributed by atoms with Gasteiger partial charge in [0.05, 0.1) is 18.7 Å². The molecular weight excluding hydrogens is 370 g/mol. The van der Waals surface area contributed by atoms with Gasteiger partial charge in [0.1, 0.15) is 6.54 Å². The van der Waals surface area contributed by atoms with Crippen LogP contribution in [0.25, 0.3) is 11.3 Å². The number of nitrogens with zero attached hydrogens (tertiary/aromatic N) is 3. The van der Waals surface area contributed by atoms with Crippen molar-refractivity contribution >= 4 is 17.6 Å². The molecule has 146 valence electrons. The molecule has 0 N–H and O–H groups in total. The van der Waals surface area contributed by atoms with E-state index in [1.54, 1.807) is 30.5 Å². The summed E-state index contributed by atoms with van der Waals surface area (Å²) in [5.74, 6) is 0.0399. The summed E-state index contributed by atoms with van der Waals surface area (Å²) in [4.78, 5) is 29.8. The molecule has 7 nitrogen and oxygen atoms in total. The Kier molecular flexibility index (Phi) is 6.74. The van der Waals surface area contributed by atoms with Gasteiger partial charge in [-0.3, -0.25) is 14.5 Å². The van der Waals surface area contributed by atoms with Gasteiger partial charge in [0.15, 0.2) is 18.3 Å². The van der Waals surface area contributed by atoms with Gasteiger partial charge in [-0.2, -0.15) is 5.26 Å². The van der Waals surface area contributed by atoms with Gasteiger partial charge in [-0.1, -0.05) is 48.5 Å². The summed E-state index contributed by atoms with van der Waals surface area (Å²) in [5, 5.41) is 8.95. The van der Waals surface area contributed by atoms with Crippen molar-refractivity contribution in [2.45, 2.75) is 12.8 Å². The molecule has 0 unspecified atom stereocenters. The van der Waals surface area contributed by atoms with E-state index in [2.05, 4.69) is 4.98 Å². The number of para-hydroxylation sites is 1. The molecule has 7 heteroatoms. The largest absolute Gasteiger partial charge is 0.456 e. The van der Waals surface area contributed by atoms with E-state index in [1.165, 1.54) is 4.90 Å². The molecule has 0 aliphatic carbocycles. The van der Waals surface area contributed by atoms with Gasteiger partial charge in [0.25, 0.3) is 5.91 Å². The van der Waals surface area contributed by atoms with E-state index in [0.29, 0.717) is 17.3 Å².